The number of aliphatic hydroxyl groups is 1. The van der Waals surface area contributed by atoms with Crippen molar-refractivity contribution in [2.75, 3.05) is 6.61 Å². The summed E-state index contributed by atoms with van der Waals surface area (Å²) in [5.41, 5.74) is 7.14. The Morgan fingerprint density at radius 3 is 2.52 bits per heavy atom. The molecule has 7 nitrogen and oxygen atoms in total. The summed E-state index contributed by atoms with van der Waals surface area (Å²) in [7, 11) is 0. The highest BCUT2D eigenvalue weighted by Crippen LogP contribution is 2.38. The van der Waals surface area contributed by atoms with Gasteiger partial charge < -0.3 is 20.3 Å². The molecule has 0 amide bonds. The molecule has 2 aromatic carbocycles. The molecule has 0 fully saturated rings. The molecule has 2 atom stereocenters. The molecule has 0 aliphatic rings. The molecule has 33 heavy (non-hydrogen) atoms. The Labute approximate surface area is 206 Å². The molecule has 0 spiro atoms. The number of hydrogen-bond donors (Lipinski definition) is 2. The van der Waals surface area contributed by atoms with Gasteiger partial charge in [0.2, 0.25) is 0 Å². The molecule has 3 aromatic rings. The van der Waals surface area contributed by atoms with E-state index in [0.717, 1.165) is 0 Å². The first-order valence-corrected chi connectivity index (χ1v) is 11.0. The maximum absolute atomic E-state index is 14.6. The summed E-state index contributed by atoms with van der Waals surface area (Å²) in [6.07, 6.45) is -0.854. The van der Waals surface area contributed by atoms with Crippen LogP contribution in [0.1, 0.15) is 26.3 Å². The van der Waals surface area contributed by atoms with Crippen LogP contribution in [0.25, 0.3) is 21.1 Å². The summed E-state index contributed by atoms with van der Waals surface area (Å²) in [5.74, 6) is -0.216. The van der Waals surface area contributed by atoms with E-state index in [0.29, 0.717) is 32.5 Å². The monoisotopic (exact) mass is 512 g/mol. The third kappa shape index (κ3) is 6.53. The summed E-state index contributed by atoms with van der Waals surface area (Å²) in [5, 5.41) is 28.3. The van der Waals surface area contributed by atoms with Crippen molar-refractivity contribution in [3.8, 4) is 38.7 Å². The average molecular weight is 513 g/mol. The number of rotatable bonds is 8. The first-order chi connectivity index (χ1) is 15.2. The lowest BCUT2D eigenvalue weighted by Gasteiger charge is -2.16. The smallest absolute Gasteiger partial charge is 0.165 e. The number of nitrogens with two attached hydrogens (primary N) is 1. The van der Waals surface area contributed by atoms with Gasteiger partial charge in [0.05, 0.1) is 28.8 Å². The Bertz CT molecular complexity index is 1150. The molecule has 0 saturated heterocycles. The fourth-order valence-electron chi connectivity index (χ4n) is 2.68. The molecule has 0 unspecified atom stereocenters. The van der Waals surface area contributed by atoms with Crippen molar-refractivity contribution >= 4 is 35.3 Å². The molecule has 0 aliphatic heterocycles. The third-order valence-corrected chi connectivity index (χ3v) is 5.76. The lowest BCUT2D eigenvalue weighted by atomic mass is 10.1. The molecule has 0 bridgehead atoms. The van der Waals surface area contributed by atoms with Gasteiger partial charge in [0, 0.05) is 17.2 Å². The number of nitriles is 1. The van der Waals surface area contributed by atoms with Crippen molar-refractivity contribution in [1.29, 1.82) is 5.26 Å². The SMILES string of the molecule is CC(C)Oc1ccc(-c2nnc(-c3cc(F)c(OC[C@H](N)[C@H](C)O)cc3Cl)s2)cc1C#N.Cl. The van der Waals surface area contributed by atoms with E-state index in [4.69, 9.17) is 26.8 Å². The van der Waals surface area contributed by atoms with Gasteiger partial charge in [0.15, 0.2) is 11.6 Å². The number of aliphatic hydroxyl groups excluding tert-OH is 1. The summed E-state index contributed by atoms with van der Waals surface area (Å²) in [4.78, 5) is 0. The van der Waals surface area contributed by atoms with Crippen molar-refractivity contribution in [3.05, 3.63) is 46.7 Å². The molecule has 3 N–H and O–H groups in total. The zero-order chi connectivity index (χ0) is 23.4. The van der Waals surface area contributed by atoms with Crippen molar-refractivity contribution in [1.82, 2.24) is 10.2 Å². The van der Waals surface area contributed by atoms with Crippen LogP contribution in [0.4, 0.5) is 4.39 Å². The lowest BCUT2D eigenvalue weighted by Crippen LogP contribution is -2.38. The summed E-state index contributed by atoms with van der Waals surface area (Å²) in [6.45, 7) is 5.22. The van der Waals surface area contributed by atoms with E-state index in [9.17, 15) is 14.8 Å². The molecule has 3 rings (SSSR count). The van der Waals surface area contributed by atoms with E-state index in [2.05, 4.69) is 16.3 Å². The van der Waals surface area contributed by atoms with Crippen LogP contribution < -0.4 is 15.2 Å². The number of halogens is 3. The van der Waals surface area contributed by atoms with E-state index < -0.39 is 18.0 Å². The highest BCUT2D eigenvalue weighted by Gasteiger charge is 2.18. The molecular weight excluding hydrogens is 490 g/mol. The zero-order valence-corrected chi connectivity index (χ0v) is 20.5. The number of ether oxygens (including phenoxy) is 2. The van der Waals surface area contributed by atoms with Crippen molar-refractivity contribution < 1.29 is 19.0 Å². The van der Waals surface area contributed by atoms with Crippen LogP contribution in [0, 0.1) is 17.1 Å². The van der Waals surface area contributed by atoms with Gasteiger partial charge in [0.1, 0.15) is 28.4 Å². The van der Waals surface area contributed by atoms with Gasteiger partial charge in [-0.3, -0.25) is 0 Å². The quantitative estimate of drug-likeness (QED) is 0.443. The van der Waals surface area contributed by atoms with E-state index in [1.54, 1.807) is 18.2 Å². The zero-order valence-electron chi connectivity index (χ0n) is 18.1. The van der Waals surface area contributed by atoms with Gasteiger partial charge >= 0.3 is 0 Å². The minimum absolute atomic E-state index is 0. The van der Waals surface area contributed by atoms with Crippen LogP contribution in [-0.2, 0) is 0 Å². The summed E-state index contributed by atoms with van der Waals surface area (Å²) in [6, 6.07) is 9.19. The Morgan fingerprint density at radius 1 is 1.18 bits per heavy atom. The standard InChI is InChI=1S/C22H22ClFN4O3S.ClH/c1-11(2)31-19-5-4-13(6-14(19)9-25)21-27-28-22(32-21)15-7-17(24)20(8-16(15)23)30-10-18(26)12(3)29;/h4-8,11-12,18,29H,10,26H2,1-3H3;1H/t12-,18-;/m0./s1. The molecule has 11 heteroatoms. The predicted molar refractivity (Wildman–Crippen MR) is 129 cm³/mol. The highest BCUT2D eigenvalue weighted by molar-refractivity contribution is 7.18. The van der Waals surface area contributed by atoms with Crippen LogP contribution >= 0.6 is 35.3 Å². The molecule has 1 aromatic heterocycles. The van der Waals surface area contributed by atoms with E-state index in [-0.39, 0.29) is 35.9 Å². The second-order valence-corrected chi connectivity index (χ2v) is 8.76. The third-order valence-electron chi connectivity index (χ3n) is 4.44. The number of nitrogens with zero attached hydrogens (tertiary/aromatic N) is 3. The van der Waals surface area contributed by atoms with Crippen LogP contribution in [0.3, 0.4) is 0 Å². The molecule has 1 heterocycles. The largest absolute Gasteiger partial charge is 0.490 e. The molecule has 176 valence electrons. The van der Waals surface area contributed by atoms with Gasteiger partial charge in [-0.05, 0) is 45.0 Å². The molecule has 0 radical (unpaired) electrons. The molecular formula is C22H23Cl2FN4O3S. The van der Waals surface area contributed by atoms with E-state index in [1.807, 2.05) is 13.8 Å². The van der Waals surface area contributed by atoms with Crippen LogP contribution in [0.2, 0.25) is 5.02 Å². The molecule has 0 aliphatic carbocycles. The van der Waals surface area contributed by atoms with E-state index >= 15 is 0 Å². The van der Waals surface area contributed by atoms with Crippen molar-refractivity contribution in [3.63, 3.8) is 0 Å². The Kier molecular flexibility index (Phi) is 9.40. The van der Waals surface area contributed by atoms with Gasteiger partial charge in [-0.15, -0.1) is 22.6 Å². The average Bonchev–Trinajstić information content (AvgIpc) is 3.23. The highest BCUT2D eigenvalue weighted by atomic mass is 35.5. The van der Waals surface area contributed by atoms with Gasteiger partial charge in [-0.2, -0.15) is 5.26 Å². The second-order valence-electron chi connectivity index (χ2n) is 7.38. The lowest BCUT2D eigenvalue weighted by molar-refractivity contribution is 0.129. The van der Waals surface area contributed by atoms with Crippen LogP contribution in [0.15, 0.2) is 30.3 Å². The normalized spacial score (nSPS) is 12.6. The Balaban J connectivity index is 0.00000385. The van der Waals surface area contributed by atoms with Gasteiger partial charge in [-0.1, -0.05) is 22.9 Å². The first-order valence-electron chi connectivity index (χ1n) is 9.80. The Morgan fingerprint density at radius 2 is 1.88 bits per heavy atom. The molecule has 0 saturated carbocycles. The van der Waals surface area contributed by atoms with E-state index in [1.165, 1.54) is 30.4 Å². The predicted octanol–water partition coefficient (Wildman–Crippen LogP) is 4.83. The van der Waals surface area contributed by atoms with Crippen molar-refractivity contribution in [2.24, 2.45) is 5.73 Å². The number of aromatic nitrogens is 2. The first kappa shape index (κ1) is 26.8. The Hall–Kier alpha value is -2.48. The minimum atomic E-state index is -0.792. The second kappa shape index (κ2) is 11.6. The maximum atomic E-state index is 14.6. The maximum Gasteiger partial charge on any atom is 0.165 e. The fraction of sp³-hybridized carbons (Fsp3) is 0.318. The van der Waals surface area contributed by atoms with Crippen LogP contribution in [0.5, 0.6) is 11.5 Å². The topological polar surface area (TPSA) is 114 Å². The van der Waals surface area contributed by atoms with Crippen LogP contribution in [-0.4, -0.2) is 40.2 Å². The summed E-state index contributed by atoms with van der Waals surface area (Å²) < 4.78 is 25.6. The minimum Gasteiger partial charge on any atom is -0.490 e. The fourth-order valence-corrected chi connectivity index (χ4v) is 3.85. The number of benzene rings is 2. The number of hydrogen-bond acceptors (Lipinski definition) is 8. The van der Waals surface area contributed by atoms with Gasteiger partial charge in [-0.25, -0.2) is 4.39 Å². The summed E-state index contributed by atoms with van der Waals surface area (Å²) >= 11 is 7.55. The van der Waals surface area contributed by atoms with Gasteiger partial charge in [0.25, 0.3) is 0 Å². The van der Waals surface area contributed by atoms with Crippen molar-refractivity contribution in [2.45, 2.75) is 39.0 Å².